The number of carbonyl (C=O) groups is 4. The van der Waals surface area contributed by atoms with Crippen LogP contribution in [0.25, 0.3) is 0 Å². The van der Waals surface area contributed by atoms with Gasteiger partial charge < -0.3 is 21.1 Å². The van der Waals surface area contributed by atoms with Crippen molar-refractivity contribution >= 4 is 29.4 Å². The van der Waals surface area contributed by atoms with Gasteiger partial charge >= 0.3 is 12.1 Å². The molecule has 1 unspecified atom stereocenters. The zero-order valence-corrected chi connectivity index (χ0v) is 16.2. The Bertz CT molecular complexity index is 973. The molecule has 2 aromatic carbocycles. The summed E-state index contributed by atoms with van der Waals surface area (Å²) < 4.78 is 42.5. The van der Waals surface area contributed by atoms with Crippen LogP contribution in [0.2, 0.25) is 0 Å². The van der Waals surface area contributed by atoms with Gasteiger partial charge in [-0.05, 0) is 55.5 Å². The van der Waals surface area contributed by atoms with E-state index in [1.54, 1.807) is 0 Å². The summed E-state index contributed by atoms with van der Waals surface area (Å²) >= 11 is 0. The van der Waals surface area contributed by atoms with Crippen molar-refractivity contribution < 1.29 is 37.1 Å². The first-order chi connectivity index (χ1) is 14.5. The first-order valence-corrected chi connectivity index (χ1v) is 8.83. The van der Waals surface area contributed by atoms with Crippen LogP contribution in [0, 0.1) is 0 Å². The predicted molar refractivity (Wildman–Crippen MR) is 103 cm³/mol. The predicted octanol–water partition coefficient (Wildman–Crippen LogP) is 2.10. The number of hydrogen-bond acceptors (Lipinski definition) is 5. The molecule has 0 spiro atoms. The second kappa shape index (κ2) is 9.74. The molecule has 4 N–H and O–H groups in total. The Morgan fingerprint density at radius 3 is 2.03 bits per heavy atom. The highest BCUT2D eigenvalue weighted by Gasteiger charge is 2.30. The highest BCUT2D eigenvalue weighted by molar-refractivity contribution is 5.98. The number of nitrogens with two attached hydrogens (primary N) is 1. The molecule has 164 valence electrons. The normalized spacial score (nSPS) is 11.9. The van der Waals surface area contributed by atoms with Crippen molar-refractivity contribution in [2.24, 2.45) is 5.73 Å². The zero-order chi connectivity index (χ0) is 23.2. The van der Waals surface area contributed by atoms with E-state index in [9.17, 15) is 32.3 Å². The summed E-state index contributed by atoms with van der Waals surface area (Å²) in [5, 5.41) is 4.67. The molecule has 0 aromatic heterocycles. The van der Waals surface area contributed by atoms with Crippen molar-refractivity contribution in [1.82, 2.24) is 5.32 Å². The second-order valence-corrected chi connectivity index (χ2v) is 6.32. The number of esters is 1. The number of benzene rings is 2. The Morgan fingerprint density at radius 1 is 0.968 bits per heavy atom. The summed E-state index contributed by atoms with van der Waals surface area (Å²) in [5.41, 5.74) is 4.72. The van der Waals surface area contributed by atoms with Gasteiger partial charge in [0.1, 0.15) is 6.54 Å². The monoisotopic (exact) mass is 437 g/mol. The van der Waals surface area contributed by atoms with E-state index in [0.717, 1.165) is 24.3 Å². The van der Waals surface area contributed by atoms with Crippen LogP contribution in [-0.2, 0) is 20.5 Å². The van der Waals surface area contributed by atoms with Crippen LogP contribution in [0.4, 0.5) is 18.9 Å². The summed E-state index contributed by atoms with van der Waals surface area (Å²) in [6.07, 6.45) is -5.73. The number of anilines is 1. The third-order valence-electron chi connectivity index (χ3n) is 3.98. The Morgan fingerprint density at radius 2 is 1.52 bits per heavy atom. The molecular weight excluding hydrogens is 419 g/mol. The van der Waals surface area contributed by atoms with Crippen molar-refractivity contribution in [2.45, 2.75) is 19.2 Å². The maximum absolute atomic E-state index is 12.5. The fourth-order valence-corrected chi connectivity index (χ4v) is 2.32. The number of amides is 3. The fraction of sp³-hybridized carbons (Fsp3) is 0.200. The van der Waals surface area contributed by atoms with E-state index in [0.29, 0.717) is 5.69 Å². The van der Waals surface area contributed by atoms with Gasteiger partial charge in [0.2, 0.25) is 5.91 Å². The van der Waals surface area contributed by atoms with Gasteiger partial charge in [-0.2, -0.15) is 13.2 Å². The lowest BCUT2D eigenvalue weighted by Gasteiger charge is -2.14. The first kappa shape index (κ1) is 23.4. The lowest BCUT2D eigenvalue weighted by molar-refractivity contribution is -0.152. The summed E-state index contributed by atoms with van der Waals surface area (Å²) in [4.78, 5) is 46.9. The van der Waals surface area contributed by atoms with Gasteiger partial charge in [-0.25, -0.2) is 0 Å². The molecule has 0 aliphatic carbocycles. The molecular formula is C20H18F3N3O5. The van der Waals surface area contributed by atoms with Crippen molar-refractivity contribution in [3.05, 3.63) is 65.2 Å². The second-order valence-electron chi connectivity index (χ2n) is 6.32. The number of carbonyl (C=O) groups excluding carboxylic acids is 4. The summed E-state index contributed by atoms with van der Waals surface area (Å²) in [7, 11) is 0. The highest BCUT2D eigenvalue weighted by Crippen LogP contribution is 2.29. The molecule has 0 bridgehead atoms. The van der Waals surface area contributed by atoms with Crippen LogP contribution in [0.5, 0.6) is 0 Å². The van der Waals surface area contributed by atoms with Crippen molar-refractivity contribution in [2.75, 3.05) is 11.9 Å². The lowest BCUT2D eigenvalue weighted by Crippen LogP contribution is -2.35. The Labute approximate surface area is 174 Å². The van der Waals surface area contributed by atoms with E-state index in [-0.39, 0.29) is 11.1 Å². The quantitative estimate of drug-likeness (QED) is 0.572. The molecule has 0 fully saturated rings. The molecule has 0 saturated heterocycles. The number of ether oxygens (including phenoxy) is 1. The number of halogens is 3. The number of hydrogen-bond donors (Lipinski definition) is 3. The molecule has 1 atom stereocenters. The lowest BCUT2D eigenvalue weighted by atomic mass is 10.1. The smallest absolute Gasteiger partial charge is 0.416 e. The molecule has 2 aromatic rings. The molecule has 8 nitrogen and oxygen atoms in total. The SMILES string of the molecule is CC(OC(=O)CNC(=O)c1ccc(C(F)(F)F)cc1)C(=O)Nc1ccc(C(N)=O)cc1. The number of nitrogens with one attached hydrogen (secondary N) is 2. The van der Waals surface area contributed by atoms with E-state index in [1.165, 1.54) is 31.2 Å². The molecule has 2 rings (SSSR count). The van der Waals surface area contributed by atoms with Crippen molar-refractivity contribution in [1.29, 1.82) is 0 Å². The van der Waals surface area contributed by atoms with Gasteiger partial charge in [0.15, 0.2) is 6.10 Å². The Balaban J connectivity index is 1.82. The zero-order valence-electron chi connectivity index (χ0n) is 16.2. The van der Waals surface area contributed by atoms with Crippen LogP contribution in [-0.4, -0.2) is 36.3 Å². The van der Waals surface area contributed by atoms with E-state index in [1.807, 2.05) is 0 Å². The first-order valence-electron chi connectivity index (χ1n) is 8.83. The molecule has 0 radical (unpaired) electrons. The van der Waals surface area contributed by atoms with Crippen LogP contribution >= 0.6 is 0 Å². The largest absolute Gasteiger partial charge is 0.451 e. The van der Waals surface area contributed by atoms with Gasteiger partial charge in [-0.15, -0.1) is 0 Å². The molecule has 0 saturated carbocycles. The van der Waals surface area contributed by atoms with Crippen molar-refractivity contribution in [3.8, 4) is 0 Å². The van der Waals surface area contributed by atoms with Gasteiger partial charge in [-0.3, -0.25) is 19.2 Å². The van der Waals surface area contributed by atoms with Gasteiger partial charge in [0.25, 0.3) is 11.8 Å². The molecule has 31 heavy (non-hydrogen) atoms. The van der Waals surface area contributed by atoms with E-state index in [4.69, 9.17) is 10.5 Å². The average molecular weight is 437 g/mol. The van der Waals surface area contributed by atoms with Crippen LogP contribution < -0.4 is 16.4 Å². The summed E-state index contributed by atoms with van der Waals surface area (Å²) in [5.74, 6) is -2.99. The number of rotatable bonds is 7. The molecule has 0 heterocycles. The van der Waals surface area contributed by atoms with Gasteiger partial charge in [-0.1, -0.05) is 0 Å². The van der Waals surface area contributed by atoms with E-state index in [2.05, 4.69) is 10.6 Å². The highest BCUT2D eigenvalue weighted by atomic mass is 19.4. The number of alkyl halides is 3. The summed E-state index contributed by atoms with van der Waals surface area (Å²) in [6, 6.07) is 9.14. The van der Waals surface area contributed by atoms with Crippen LogP contribution in [0.3, 0.4) is 0 Å². The minimum atomic E-state index is -4.53. The maximum atomic E-state index is 12.5. The van der Waals surface area contributed by atoms with Crippen molar-refractivity contribution in [3.63, 3.8) is 0 Å². The van der Waals surface area contributed by atoms with Gasteiger partial charge in [0.05, 0.1) is 5.56 Å². The molecule has 0 aliphatic heterocycles. The minimum absolute atomic E-state index is 0.0778. The molecule has 11 heteroatoms. The summed E-state index contributed by atoms with van der Waals surface area (Å²) in [6.45, 7) is 0.716. The topological polar surface area (TPSA) is 128 Å². The third kappa shape index (κ3) is 6.84. The third-order valence-corrected chi connectivity index (χ3v) is 3.98. The number of primary amides is 1. The van der Waals surface area contributed by atoms with Crippen LogP contribution in [0.1, 0.15) is 33.2 Å². The van der Waals surface area contributed by atoms with Gasteiger partial charge in [0, 0.05) is 16.8 Å². The standard InChI is InChI=1S/C20H18F3N3O5/c1-11(18(29)26-15-8-4-12(5-9-15)17(24)28)31-16(27)10-25-19(30)13-2-6-14(7-3-13)20(21,22)23/h2-9,11H,10H2,1H3,(H2,24,28)(H,25,30)(H,26,29). The van der Waals surface area contributed by atoms with Crippen LogP contribution in [0.15, 0.2) is 48.5 Å². The fourth-order valence-electron chi connectivity index (χ4n) is 2.32. The molecule has 0 aliphatic rings. The maximum Gasteiger partial charge on any atom is 0.416 e. The Hall–Kier alpha value is -3.89. The Kier molecular flexibility index (Phi) is 7.35. The molecule has 3 amide bonds. The average Bonchev–Trinajstić information content (AvgIpc) is 2.71. The van der Waals surface area contributed by atoms with E-state index < -0.39 is 48.1 Å². The van der Waals surface area contributed by atoms with E-state index >= 15 is 0 Å². The minimum Gasteiger partial charge on any atom is -0.451 e.